The minimum absolute atomic E-state index is 0.630. The van der Waals surface area contributed by atoms with E-state index in [-0.39, 0.29) is 0 Å². The van der Waals surface area contributed by atoms with Crippen molar-refractivity contribution in [3.63, 3.8) is 0 Å². The average molecular weight is 301 g/mol. The molecule has 0 saturated heterocycles. The van der Waals surface area contributed by atoms with Gasteiger partial charge in [-0.1, -0.05) is 26.7 Å². The molecule has 124 valence electrons. The molecule has 0 amide bonds. The first kappa shape index (κ1) is 14.4. The lowest BCUT2D eigenvalue weighted by Gasteiger charge is -2.58. The lowest BCUT2D eigenvalue weighted by Crippen LogP contribution is -2.50. The quantitative estimate of drug-likeness (QED) is 0.573. The van der Waals surface area contributed by atoms with E-state index >= 15 is 0 Å². The highest BCUT2D eigenvalue weighted by atomic mass is 14.6. The Labute approximate surface area is 137 Å². The van der Waals surface area contributed by atoms with Crippen molar-refractivity contribution in [1.29, 1.82) is 0 Å². The van der Waals surface area contributed by atoms with E-state index in [1.165, 1.54) is 0 Å². The minimum atomic E-state index is 0.630. The van der Waals surface area contributed by atoms with Gasteiger partial charge in [-0.15, -0.1) is 0 Å². The Balaban J connectivity index is 1.36. The second kappa shape index (κ2) is 5.00. The summed E-state index contributed by atoms with van der Waals surface area (Å²) >= 11 is 0. The van der Waals surface area contributed by atoms with Crippen LogP contribution < -0.4 is 0 Å². The molecule has 5 aliphatic carbocycles. The van der Waals surface area contributed by atoms with Gasteiger partial charge in [0, 0.05) is 0 Å². The van der Waals surface area contributed by atoms with E-state index in [0.717, 1.165) is 47.3 Å². The van der Waals surface area contributed by atoms with Gasteiger partial charge in [-0.2, -0.15) is 0 Å². The molecule has 8 atom stereocenters. The van der Waals surface area contributed by atoms with Crippen molar-refractivity contribution in [2.75, 3.05) is 0 Å². The van der Waals surface area contributed by atoms with E-state index in [9.17, 15) is 0 Å². The van der Waals surface area contributed by atoms with E-state index in [1.807, 2.05) is 0 Å². The third-order valence-electron chi connectivity index (χ3n) is 9.25. The van der Waals surface area contributed by atoms with Crippen LogP contribution in [0.1, 0.15) is 84.5 Å². The largest absolute Gasteiger partial charge is 0.0596 e. The van der Waals surface area contributed by atoms with Gasteiger partial charge >= 0.3 is 0 Å². The molecule has 5 saturated carbocycles. The molecule has 8 unspecified atom stereocenters. The van der Waals surface area contributed by atoms with E-state index in [2.05, 4.69) is 13.8 Å². The van der Waals surface area contributed by atoms with Crippen LogP contribution in [0.4, 0.5) is 0 Å². The first-order chi connectivity index (χ1) is 10.6. The van der Waals surface area contributed by atoms with Gasteiger partial charge in [0.15, 0.2) is 0 Å². The predicted octanol–water partition coefficient (Wildman–Crippen LogP) is 6.30. The summed E-state index contributed by atoms with van der Waals surface area (Å²) in [4.78, 5) is 0. The summed E-state index contributed by atoms with van der Waals surface area (Å²) in [6.45, 7) is 5.38. The Kier molecular flexibility index (Phi) is 3.26. The van der Waals surface area contributed by atoms with Crippen molar-refractivity contribution in [2.24, 2.45) is 52.8 Å². The first-order valence-electron chi connectivity index (χ1n) is 10.6. The van der Waals surface area contributed by atoms with E-state index in [0.29, 0.717) is 5.41 Å². The first-order valence-corrected chi connectivity index (χ1v) is 10.6. The fourth-order valence-electron chi connectivity index (χ4n) is 8.68. The fraction of sp³-hybridized carbons (Fsp3) is 1.00. The number of hydrogen-bond donors (Lipinski definition) is 0. The second-order valence-electron chi connectivity index (χ2n) is 10.8. The Hall–Kier alpha value is 0. The molecule has 0 aromatic heterocycles. The van der Waals surface area contributed by atoms with Gasteiger partial charge < -0.3 is 0 Å². The summed E-state index contributed by atoms with van der Waals surface area (Å²) in [5.74, 6) is 8.93. The van der Waals surface area contributed by atoms with Crippen LogP contribution in [0.5, 0.6) is 0 Å². The van der Waals surface area contributed by atoms with Gasteiger partial charge in [0.2, 0.25) is 0 Å². The molecule has 0 aliphatic heterocycles. The molecule has 5 rings (SSSR count). The normalized spacial score (nSPS) is 53.2. The second-order valence-corrected chi connectivity index (χ2v) is 10.8. The molecule has 0 heterocycles. The number of fused-ring (bicyclic) bond motifs is 4. The van der Waals surface area contributed by atoms with Gasteiger partial charge in [0.05, 0.1) is 0 Å². The standard InChI is InChI=1S/C22H36/c1-22(2,13-19-11-14-4-6-17(19)9-14)21-18-8-7-16-5-3-15(10-18)12-20(16)21/h14-21H,3-13H2,1-2H3. The molecule has 0 N–H and O–H groups in total. The van der Waals surface area contributed by atoms with Crippen LogP contribution in [0, 0.1) is 52.8 Å². The molecule has 5 aliphatic rings. The molecule has 0 aromatic rings. The van der Waals surface area contributed by atoms with Crippen LogP contribution in [-0.2, 0) is 0 Å². The van der Waals surface area contributed by atoms with Crippen molar-refractivity contribution in [3.05, 3.63) is 0 Å². The molecule has 0 radical (unpaired) electrons. The summed E-state index contributed by atoms with van der Waals surface area (Å²) in [5, 5.41) is 0. The van der Waals surface area contributed by atoms with Gasteiger partial charge in [-0.3, -0.25) is 0 Å². The maximum Gasteiger partial charge on any atom is -0.0303 e. The zero-order chi connectivity index (χ0) is 14.9. The van der Waals surface area contributed by atoms with Crippen LogP contribution in [-0.4, -0.2) is 0 Å². The van der Waals surface area contributed by atoms with Gasteiger partial charge in [-0.05, 0) is 111 Å². The van der Waals surface area contributed by atoms with Crippen LogP contribution in [0.15, 0.2) is 0 Å². The maximum absolute atomic E-state index is 2.69. The molecule has 0 spiro atoms. The van der Waals surface area contributed by atoms with Crippen LogP contribution in [0.2, 0.25) is 0 Å². The smallest absolute Gasteiger partial charge is 0.0303 e. The van der Waals surface area contributed by atoms with Gasteiger partial charge in [0.25, 0.3) is 0 Å². The van der Waals surface area contributed by atoms with Crippen molar-refractivity contribution >= 4 is 0 Å². The van der Waals surface area contributed by atoms with Gasteiger partial charge in [-0.25, -0.2) is 0 Å². The lowest BCUT2D eigenvalue weighted by molar-refractivity contribution is -0.0900. The zero-order valence-electron chi connectivity index (χ0n) is 14.9. The summed E-state index contributed by atoms with van der Waals surface area (Å²) in [6.07, 6.45) is 17.5. The van der Waals surface area contributed by atoms with Crippen molar-refractivity contribution in [3.8, 4) is 0 Å². The van der Waals surface area contributed by atoms with Crippen molar-refractivity contribution in [1.82, 2.24) is 0 Å². The molecule has 22 heavy (non-hydrogen) atoms. The monoisotopic (exact) mass is 300 g/mol. The Morgan fingerprint density at radius 3 is 2.05 bits per heavy atom. The third-order valence-corrected chi connectivity index (χ3v) is 9.25. The van der Waals surface area contributed by atoms with Crippen molar-refractivity contribution in [2.45, 2.75) is 84.5 Å². The fourth-order valence-corrected chi connectivity index (χ4v) is 8.68. The zero-order valence-corrected chi connectivity index (χ0v) is 14.9. The molecule has 0 heteroatoms. The third kappa shape index (κ3) is 2.15. The highest BCUT2D eigenvalue weighted by Gasteiger charge is 2.53. The van der Waals surface area contributed by atoms with Crippen LogP contribution >= 0.6 is 0 Å². The van der Waals surface area contributed by atoms with Gasteiger partial charge in [0.1, 0.15) is 0 Å². The lowest BCUT2D eigenvalue weighted by atomic mass is 9.47. The summed E-state index contributed by atoms with van der Waals surface area (Å²) in [6, 6.07) is 0. The molecule has 5 fully saturated rings. The van der Waals surface area contributed by atoms with E-state index in [4.69, 9.17) is 0 Å². The maximum atomic E-state index is 2.69. The highest BCUT2D eigenvalue weighted by Crippen LogP contribution is 2.62. The minimum Gasteiger partial charge on any atom is -0.0596 e. The topological polar surface area (TPSA) is 0 Å². The van der Waals surface area contributed by atoms with Crippen molar-refractivity contribution < 1.29 is 0 Å². The Morgan fingerprint density at radius 2 is 1.32 bits per heavy atom. The summed E-state index contributed by atoms with van der Waals surface area (Å²) < 4.78 is 0. The summed E-state index contributed by atoms with van der Waals surface area (Å²) in [5.41, 5.74) is 0.630. The Morgan fingerprint density at radius 1 is 0.682 bits per heavy atom. The summed E-state index contributed by atoms with van der Waals surface area (Å²) in [7, 11) is 0. The Bertz CT molecular complexity index is 431. The SMILES string of the molecule is CC(C)(CC1CC2CCC1C2)C1C2CCC3CCC(C2)CC31. The molecule has 0 aromatic carbocycles. The van der Waals surface area contributed by atoms with E-state index < -0.39 is 0 Å². The number of hydrogen-bond acceptors (Lipinski definition) is 0. The van der Waals surface area contributed by atoms with E-state index in [1.54, 1.807) is 70.6 Å². The van der Waals surface area contributed by atoms with Crippen LogP contribution in [0.3, 0.4) is 0 Å². The molecule has 0 nitrogen and oxygen atoms in total. The molecule has 5 bridgehead atoms. The number of rotatable bonds is 3. The average Bonchev–Trinajstić information content (AvgIpc) is 3.06. The van der Waals surface area contributed by atoms with Crippen LogP contribution in [0.25, 0.3) is 0 Å². The highest BCUT2D eigenvalue weighted by molar-refractivity contribution is 5.03. The predicted molar refractivity (Wildman–Crippen MR) is 92.5 cm³/mol. The molecular weight excluding hydrogens is 264 g/mol. The molecular formula is C22H36.